The third-order valence-electron chi connectivity index (χ3n) is 8.20. The summed E-state index contributed by atoms with van der Waals surface area (Å²) in [6.07, 6.45) is 9.38. The maximum absolute atomic E-state index is 13.1. The van der Waals surface area contributed by atoms with Crippen molar-refractivity contribution in [2.45, 2.75) is 125 Å². The minimum absolute atomic E-state index is 0.195. The Bertz CT molecular complexity index is 1390. The first-order valence-corrected chi connectivity index (χ1v) is 17.6. The summed E-state index contributed by atoms with van der Waals surface area (Å²) >= 11 is 1.52. The van der Waals surface area contributed by atoms with Crippen molar-refractivity contribution in [2.75, 3.05) is 19.0 Å². The van der Waals surface area contributed by atoms with Gasteiger partial charge in [0.25, 0.3) is 5.91 Å². The molecule has 1 fully saturated rings. The van der Waals surface area contributed by atoms with E-state index in [1.807, 2.05) is 57.5 Å². The van der Waals surface area contributed by atoms with Crippen LogP contribution in [-0.2, 0) is 15.0 Å². The summed E-state index contributed by atoms with van der Waals surface area (Å²) in [4.78, 5) is 22.4. The zero-order chi connectivity index (χ0) is 33.9. The van der Waals surface area contributed by atoms with Crippen LogP contribution in [0.5, 0.6) is 0 Å². The van der Waals surface area contributed by atoms with E-state index in [9.17, 15) is 4.79 Å². The van der Waals surface area contributed by atoms with Crippen molar-refractivity contribution in [3.63, 3.8) is 0 Å². The number of methoxy groups -OCH3 is 1. The molecular formula is C36H56N6O3S. The normalized spacial score (nSPS) is 15.6. The molecule has 1 saturated carbocycles. The van der Waals surface area contributed by atoms with Gasteiger partial charge >= 0.3 is 0 Å². The second kappa shape index (κ2) is 17.7. The lowest BCUT2D eigenvalue weighted by Crippen LogP contribution is -2.42. The summed E-state index contributed by atoms with van der Waals surface area (Å²) in [5.41, 5.74) is 5.06. The molecule has 0 bridgehead atoms. The van der Waals surface area contributed by atoms with Gasteiger partial charge in [-0.15, -0.1) is 11.3 Å². The van der Waals surface area contributed by atoms with E-state index >= 15 is 0 Å². The first kappa shape index (κ1) is 37.4. The fourth-order valence-corrected chi connectivity index (χ4v) is 5.71. The molecule has 3 heterocycles. The predicted octanol–water partition coefficient (Wildman–Crippen LogP) is 8.39. The summed E-state index contributed by atoms with van der Waals surface area (Å²) < 4.78 is 13.1. The van der Waals surface area contributed by atoms with Crippen molar-refractivity contribution >= 4 is 22.4 Å². The van der Waals surface area contributed by atoms with Crippen LogP contribution in [0.15, 0.2) is 47.1 Å². The summed E-state index contributed by atoms with van der Waals surface area (Å²) in [5, 5.41) is 13.8. The molecule has 10 heteroatoms. The quantitative estimate of drug-likeness (QED) is 0.180. The lowest BCUT2D eigenvalue weighted by molar-refractivity contribution is -0.00472. The van der Waals surface area contributed by atoms with Crippen molar-refractivity contribution in [1.82, 2.24) is 25.1 Å². The molecule has 1 aliphatic carbocycles. The molecule has 4 rings (SSSR count). The number of hydrogen-bond donors (Lipinski definition) is 2. The molecule has 4 atom stereocenters. The number of nitrogens with zero attached hydrogens (tertiary/aromatic N) is 4. The third-order valence-corrected chi connectivity index (χ3v) is 8.96. The average Bonchev–Trinajstić information content (AvgIpc) is 3.66. The van der Waals surface area contributed by atoms with E-state index in [4.69, 9.17) is 14.5 Å². The van der Waals surface area contributed by atoms with E-state index in [0.717, 1.165) is 59.5 Å². The van der Waals surface area contributed by atoms with E-state index in [0.29, 0.717) is 24.5 Å². The van der Waals surface area contributed by atoms with Gasteiger partial charge in [0.05, 0.1) is 36.1 Å². The Labute approximate surface area is 280 Å². The van der Waals surface area contributed by atoms with Crippen LogP contribution in [-0.4, -0.2) is 57.6 Å². The lowest BCUT2D eigenvalue weighted by Gasteiger charge is -2.28. The minimum Gasteiger partial charge on any atom is -0.382 e. The van der Waals surface area contributed by atoms with Crippen molar-refractivity contribution in [2.24, 2.45) is 5.92 Å². The fraction of sp³-hybridized carbons (Fsp3) is 0.611. The molecule has 2 N–H and O–H groups in total. The van der Waals surface area contributed by atoms with Gasteiger partial charge < -0.3 is 20.1 Å². The molecule has 0 spiro atoms. The van der Waals surface area contributed by atoms with Crippen LogP contribution in [0.3, 0.4) is 0 Å². The van der Waals surface area contributed by atoms with Gasteiger partial charge in [0.15, 0.2) is 5.13 Å². The number of carbonyl (C=O) groups is 1. The van der Waals surface area contributed by atoms with Crippen LogP contribution in [0.4, 0.5) is 5.13 Å². The fourth-order valence-electron chi connectivity index (χ4n) is 4.99. The van der Waals surface area contributed by atoms with Crippen molar-refractivity contribution in [3.05, 3.63) is 58.5 Å². The van der Waals surface area contributed by atoms with Gasteiger partial charge in [0.1, 0.15) is 11.4 Å². The Morgan fingerprint density at radius 1 is 1.04 bits per heavy atom. The van der Waals surface area contributed by atoms with Crippen LogP contribution in [0.1, 0.15) is 110 Å². The lowest BCUT2D eigenvalue weighted by atomic mass is 9.88. The number of hydrogen-bond acceptors (Lipinski definition) is 8. The largest absolute Gasteiger partial charge is 0.382 e. The molecule has 3 aromatic rings. The molecule has 0 saturated heterocycles. The van der Waals surface area contributed by atoms with Crippen LogP contribution >= 0.6 is 11.3 Å². The molecule has 9 nitrogen and oxygen atoms in total. The average molecular weight is 653 g/mol. The summed E-state index contributed by atoms with van der Waals surface area (Å²) in [7, 11) is 1.64. The highest BCUT2D eigenvalue weighted by atomic mass is 32.1. The number of thiazole rings is 1. The molecule has 4 unspecified atom stereocenters. The number of anilines is 1. The smallest absolute Gasteiger partial charge is 0.272 e. The number of ether oxygens (including phenoxy) is 2. The Balaban J connectivity index is 0.000000409. The number of pyridine rings is 1. The van der Waals surface area contributed by atoms with Gasteiger partial charge in [0.2, 0.25) is 0 Å². The second-order valence-electron chi connectivity index (χ2n) is 13.4. The molecular weight excluding hydrogens is 597 g/mol. The zero-order valence-electron chi connectivity index (χ0n) is 29.6. The second-order valence-corrected chi connectivity index (χ2v) is 14.3. The standard InChI is InChI=1S/C25H32N6O2S.C11H24O/c1-16-8-6-11-18(26-16)21-15-34-24(28-21)29-22(17-9-7-10-17)20(14-33-5)27-23(32)19-12-13-31(30-19)25(2,3)4;1-6-9(3)8-11(5)12-10(4)7-2/h6,8,11-13,15,20H,7,9-10,14H2,1-5H3,(H,27,32)(H,28,29);9-11H,6-8H2,1-5H3. The maximum atomic E-state index is 13.1. The Kier molecular flexibility index (Phi) is 14.4. The van der Waals surface area contributed by atoms with E-state index in [-0.39, 0.29) is 17.5 Å². The number of allylic oxidation sites excluding steroid dienone is 1. The maximum Gasteiger partial charge on any atom is 0.272 e. The van der Waals surface area contributed by atoms with Crippen LogP contribution < -0.4 is 10.6 Å². The van der Waals surface area contributed by atoms with E-state index < -0.39 is 0 Å². The number of aryl methyl sites for hydroxylation is 1. The van der Waals surface area contributed by atoms with Gasteiger partial charge in [-0.3, -0.25) is 14.5 Å². The van der Waals surface area contributed by atoms with Gasteiger partial charge in [0, 0.05) is 30.1 Å². The molecule has 254 valence electrons. The molecule has 46 heavy (non-hydrogen) atoms. The van der Waals surface area contributed by atoms with E-state index in [1.165, 1.54) is 29.8 Å². The number of aromatic nitrogens is 4. The van der Waals surface area contributed by atoms with Gasteiger partial charge in [-0.2, -0.15) is 5.10 Å². The minimum atomic E-state index is -0.336. The zero-order valence-corrected chi connectivity index (χ0v) is 30.5. The molecule has 3 aromatic heterocycles. The first-order chi connectivity index (χ1) is 21.8. The van der Waals surface area contributed by atoms with Crippen molar-refractivity contribution < 1.29 is 14.3 Å². The Morgan fingerprint density at radius 3 is 2.35 bits per heavy atom. The van der Waals surface area contributed by atoms with Gasteiger partial charge in [-0.25, -0.2) is 4.98 Å². The molecule has 0 aromatic carbocycles. The Hall–Kier alpha value is -3.08. The van der Waals surface area contributed by atoms with Crippen LogP contribution in [0.2, 0.25) is 0 Å². The van der Waals surface area contributed by atoms with Crippen molar-refractivity contribution in [1.29, 1.82) is 0 Å². The molecule has 0 radical (unpaired) electrons. The van der Waals surface area contributed by atoms with Crippen molar-refractivity contribution in [3.8, 4) is 11.4 Å². The van der Waals surface area contributed by atoms with E-state index in [1.54, 1.807) is 17.9 Å². The Morgan fingerprint density at radius 2 is 1.78 bits per heavy atom. The number of amides is 1. The number of carbonyl (C=O) groups excluding carboxylic acids is 1. The highest BCUT2D eigenvalue weighted by Crippen LogP contribution is 2.33. The van der Waals surface area contributed by atoms with Gasteiger partial charge in [-0.05, 0) is 103 Å². The number of rotatable bonds is 14. The summed E-state index contributed by atoms with van der Waals surface area (Å²) in [6, 6.07) is 7.32. The van der Waals surface area contributed by atoms with Crippen LogP contribution in [0, 0.1) is 12.8 Å². The van der Waals surface area contributed by atoms with Gasteiger partial charge in [-0.1, -0.05) is 33.3 Å². The number of nitrogens with one attached hydrogen (secondary N) is 2. The summed E-state index contributed by atoms with van der Waals surface area (Å²) in [5.74, 6) is 0.567. The summed E-state index contributed by atoms with van der Waals surface area (Å²) in [6.45, 7) is 19.5. The topological polar surface area (TPSA) is 103 Å². The van der Waals surface area contributed by atoms with E-state index in [2.05, 4.69) is 55.3 Å². The monoisotopic (exact) mass is 652 g/mol. The molecule has 0 aliphatic heterocycles. The van der Waals surface area contributed by atoms with Crippen LogP contribution in [0.25, 0.3) is 11.4 Å². The highest BCUT2D eigenvalue weighted by Gasteiger charge is 2.26. The highest BCUT2D eigenvalue weighted by molar-refractivity contribution is 7.14. The predicted molar refractivity (Wildman–Crippen MR) is 189 cm³/mol. The first-order valence-electron chi connectivity index (χ1n) is 16.7. The SMILES string of the molecule is CCC(C)CC(C)OC(C)CC.COCC(NC(=O)c1ccn(C(C)(C)C)n1)C(Nc1nc(-c2cccc(C)n2)cs1)=C1CCC1. The molecule has 1 amide bonds. The molecule has 1 aliphatic rings. The third kappa shape index (κ3) is 11.3.